The first-order valence-electron chi connectivity index (χ1n) is 7.28. The van der Waals surface area contributed by atoms with Crippen molar-refractivity contribution in [2.45, 2.75) is 0 Å². The van der Waals surface area contributed by atoms with Crippen molar-refractivity contribution in [1.82, 2.24) is 0 Å². The molecule has 3 nitrogen and oxygen atoms in total. The van der Waals surface area contributed by atoms with E-state index < -0.39 is 0 Å². The Kier molecular flexibility index (Phi) is 4.39. The SMILES string of the molecule is COc1ccc(C(=O)C=Cc2ccc(-c3ccccc3)o2)cc1. The molecular weight excluding hydrogens is 288 g/mol. The minimum absolute atomic E-state index is 0.0784. The van der Waals surface area contributed by atoms with E-state index >= 15 is 0 Å². The Morgan fingerprint density at radius 3 is 2.39 bits per heavy atom. The smallest absolute Gasteiger partial charge is 0.185 e. The molecule has 0 saturated carbocycles. The van der Waals surface area contributed by atoms with Gasteiger partial charge in [-0.25, -0.2) is 0 Å². The van der Waals surface area contributed by atoms with E-state index in [1.807, 2.05) is 42.5 Å². The zero-order valence-corrected chi connectivity index (χ0v) is 12.7. The molecule has 0 radical (unpaired) electrons. The summed E-state index contributed by atoms with van der Waals surface area (Å²) in [6.07, 6.45) is 3.19. The second kappa shape index (κ2) is 6.79. The van der Waals surface area contributed by atoms with Crippen LogP contribution in [0.1, 0.15) is 16.1 Å². The van der Waals surface area contributed by atoms with Gasteiger partial charge in [0.1, 0.15) is 17.3 Å². The Labute approximate surface area is 134 Å². The highest BCUT2D eigenvalue weighted by Crippen LogP contribution is 2.22. The summed E-state index contributed by atoms with van der Waals surface area (Å²) in [7, 11) is 1.60. The molecule has 1 aromatic heterocycles. The quantitative estimate of drug-likeness (QED) is 0.499. The van der Waals surface area contributed by atoms with Crippen molar-refractivity contribution in [3.05, 3.63) is 84.1 Å². The third-order valence-corrected chi connectivity index (χ3v) is 3.46. The fourth-order valence-electron chi connectivity index (χ4n) is 2.21. The molecule has 2 aromatic carbocycles. The minimum Gasteiger partial charge on any atom is -0.497 e. The van der Waals surface area contributed by atoms with Crippen LogP contribution in [0.2, 0.25) is 0 Å². The monoisotopic (exact) mass is 304 g/mol. The van der Waals surface area contributed by atoms with E-state index in [0.29, 0.717) is 11.3 Å². The van der Waals surface area contributed by atoms with Crippen LogP contribution in [0.4, 0.5) is 0 Å². The van der Waals surface area contributed by atoms with E-state index in [1.54, 1.807) is 37.5 Å². The number of ether oxygens (including phenoxy) is 1. The number of carbonyl (C=O) groups excluding carboxylic acids is 1. The van der Waals surface area contributed by atoms with Crippen LogP contribution >= 0.6 is 0 Å². The van der Waals surface area contributed by atoms with E-state index in [2.05, 4.69) is 0 Å². The molecule has 0 spiro atoms. The summed E-state index contributed by atoms with van der Waals surface area (Å²) in [4.78, 5) is 12.1. The number of furan rings is 1. The van der Waals surface area contributed by atoms with Gasteiger partial charge in [0.25, 0.3) is 0 Å². The van der Waals surface area contributed by atoms with E-state index in [0.717, 1.165) is 17.1 Å². The summed E-state index contributed by atoms with van der Waals surface area (Å²) >= 11 is 0. The van der Waals surface area contributed by atoms with Gasteiger partial charge in [-0.05, 0) is 48.6 Å². The number of rotatable bonds is 5. The first-order valence-corrected chi connectivity index (χ1v) is 7.28. The van der Waals surface area contributed by atoms with Crippen molar-refractivity contribution in [3.63, 3.8) is 0 Å². The molecule has 0 aliphatic heterocycles. The van der Waals surface area contributed by atoms with E-state index in [4.69, 9.17) is 9.15 Å². The Hall–Kier alpha value is -3.07. The van der Waals surface area contributed by atoms with Gasteiger partial charge in [-0.1, -0.05) is 30.3 Å². The molecule has 23 heavy (non-hydrogen) atoms. The van der Waals surface area contributed by atoms with E-state index in [9.17, 15) is 4.79 Å². The van der Waals surface area contributed by atoms with Gasteiger partial charge in [0.05, 0.1) is 7.11 Å². The van der Waals surface area contributed by atoms with Crippen molar-refractivity contribution in [2.24, 2.45) is 0 Å². The summed E-state index contributed by atoms with van der Waals surface area (Å²) in [6.45, 7) is 0. The van der Waals surface area contributed by atoms with Crippen LogP contribution in [0.3, 0.4) is 0 Å². The third kappa shape index (κ3) is 3.58. The lowest BCUT2D eigenvalue weighted by atomic mass is 10.1. The number of methoxy groups -OCH3 is 1. The molecule has 114 valence electrons. The topological polar surface area (TPSA) is 39.4 Å². The molecule has 0 unspecified atom stereocenters. The number of benzene rings is 2. The number of ketones is 1. The molecule has 3 aromatic rings. The van der Waals surface area contributed by atoms with E-state index in [-0.39, 0.29) is 5.78 Å². The maximum Gasteiger partial charge on any atom is 0.185 e. The van der Waals surface area contributed by atoms with Crippen molar-refractivity contribution >= 4 is 11.9 Å². The van der Waals surface area contributed by atoms with Gasteiger partial charge in [-0.2, -0.15) is 0 Å². The summed E-state index contributed by atoms with van der Waals surface area (Å²) in [5.74, 6) is 2.07. The van der Waals surface area contributed by atoms with Crippen LogP contribution in [0.25, 0.3) is 17.4 Å². The summed E-state index contributed by atoms with van der Waals surface area (Å²) in [5.41, 5.74) is 1.62. The van der Waals surface area contributed by atoms with Crippen molar-refractivity contribution < 1.29 is 13.9 Å². The fraction of sp³-hybridized carbons (Fsp3) is 0.0500. The zero-order valence-electron chi connectivity index (χ0n) is 12.7. The second-order valence-corrected chi connectivity index (χ2v) is 4.99. The predicted molar refractivity (Wildman–Crippen MR) is 90.5 cm³/mol. The summed E-state index contributed by atoms with van der Waals surface area (Å²) in [5, 5.41) is 0. The van der Waals surface area contributed by atoms with Crippen LogP contribution < -0.4 is 4.74 Å². The average molecular weight is 304 g/mol. The third-order valence-electron chi connectivity index (χ3n) is 3.46. The number of allylic oxidation sites excluding steroid dienone is 1. The van der Waals surface area contributed by atoms with Crippen LogP contribution in [-0.2, 0) is 0 Å². The highest BCUT2D eigenvalue weighted by atomic mass is 16.5. The molecule has 0 atom stereocenters. The van der Waals surface area contributed by atoms with Gasteiger partial charge < -0.3 is 9.15 Å². The molecule has 0 saturated heterocycles. The van der Waals surface area contributed by atoms with Gasteiger partial charge >= 0.3 is 0 Å². The molecule has 0 aliphatic rings. The maximum absolute atomic E-state index is 12.1. The second-order valence-electron chi connectivity index (χ2n) is 4.99. The van der Waals surface area contributed by atoms with Crippen LogP contribution in [0.15, 0.2) is 77.2 Å². The normalized spacial score (nSPS) is 10.8. The van der Waals surface area contributed by atoms with Gasteiger partial charge in [0.15, 0.2) is 5.78 Å². The molecule has 3 heteroatoms. The van der Waals surface area contributed by atoms with Gasteiger partial charge in [-0.15, -0.1) is 0 Å². The van der Waals surface area contributed by atoms with Crippen molar-refractivity contribution in [3.8, 4) is 17.1 Å². The summed E-state index contributed by atoms with van der Waals surface area (Å²) < 4.78 is 10.8. The fourth-order valence-corrected chi connectivity index (χ4v) is 2.21. The van der Waals surface area contributed by atoms with Crippen molar-refractivity contribution in [1.29, 1.82) is 0 Å². The summed E-state index contributed by atoms with van der Waals surface area (Å²) in [6, 6.07) is 20.6. The largest absolute Gasteiger partial charge is 0.497 e. The van der Waals surface area contributed by atoms with Gasteiger partial charge in [0, 0.05) is 11.1 Å². The Bertz CT molecular complexity index is 812. The Morgan fingerprint density at radius 2 is 1.70 bits per heavy atom. The molecule has 0 N–H and O–H groups in total. The first-order chi connectivity index (χ1) is 11.3. The van der Waals surface area contributed by atoms with Crippen molar-refractivity contribution in [2.75, 3.05) is 7.11 Å². The van der Waals surface area contributed by atoms with Crippen LogP contribution in [0, 0.1) is 0 Å². The standard InChI is InChI=1S/C20H16O3/c1-22-17-9-7-15(8-10-17)19(21)13-11-18-12-14-20(23-18)16-5-3-2-4-6-16/h2-14H,1H3. The van der Waals surface area contributed by atoms with E-state index in [1.165, 1.54) is 6.08 Å². The highest BCUT2D eigenvalue weighted by Gasteiger charge is 2.04. The van der Waals surface area contributed by atoms with Gasteiger partial charge in [0.2, 0.25) is 0 Å². The Morgan fingerprint density at radius 1 is 0.957 bits per heavy atom. The molecule has 0 bridgehead atoms. The average Bonchev–Trinajstić information content (AvgIpc) is 3.09. The Balaban J connectivity index is 1.72. The molecule has 0 amide bonds. The lowest BCUT2D eigenvalue weighted by Crippen LogP contribution is -1.93. The number of carbonyl (C=O) groups is 1. The lowest BCUT2D eigenvalue weighted by Gasteiger charge is -1.99. The molecular formula is C20H16O3. The molecule has 1 heterocycles. The lowest BCUT2D eigenvalue weighted by molar-refractivity contribution is 0.104. The van der Waals surface area contributed by atoms with Gasteiger partial charge in [-0.3, -0.25) is 4.79 Å². The maximum atomic E-state index is 12.1. The molecule has 0 fully saturated rings. The van der Waals surface area contributed by atoms with Crippen LogP contribution in [-0.4, -0.2) is 12.9 Å². The number of hydrogen-bond donors (Lipinski definition) is 0. The number of hydrogen-bond acceptors (Lipinski definition) is 3. The molecule has 3 rings (SSSR count). The minimum atomic E-state index is -0.0784. The van der Waals surface area contributed by atoms with Crippen LogP contribution in [0.5, 0.6) is 5.75 Å². The molecule has 0 aliphatic carbocycles. The predicted octanol–water partition coefficient (Wildman–Crippen LogP) is 4.85. The zero-order chi connectivity index (χ0) is 16.1. The highest BCUT2D eigenvalue weighted by molar-refractivity contribution is 6.06. The first kappa shape index (κ1) is 14.9.